The van der Waals surface area contributed by atoms with Crippen LogP contribution < -0.4 is 0 Å². The first kappa shape index (κ1) is 14.0. The zero-order chi connectivity index (χ0) is 14.2. The highest BCUT2D eigenvalue weighted by molar-refractivity contribution is 9.10. The van der Waals surface area contributed by atoms with Gasteiger partial charge in [0.1, 0.15) is 5.69 Å². The van der Waals surface area contributed by atoms with Crippen LogP contribution in [0.1, 0.15) is 23.6 Å². The second-order valence-electron chi connectivity index (χ2n) is 4.05. The van der Waals surface area contributed by atoms with Crippen molar-refractivity contribution in [2.75, 3.05) is 0 Å². The number of hydrogen-bond acceptors (Lipinski definition) is 4. The first-order chi connectivity index (χ1) is 8.90. The zero-order valence-electron chi connectivity index (χ0n) is 10.2. The van der Waals surface area contributed by atoms with Gasteiger partial charge < -0.3 is 0 Å². The molecule has 1 aromatic carbocycles. The Kier molecular flexibility index (Phi) is 3.86. The molecule has 8 heteroatoms. The number of nitro benzene ring substituents is 1. The number of alkyl halides is 1. The number of hydrogen-bond donors (Lipinski definition) is 0. The van der Waals surface area contributed by atoms with E-state index >= 15 is 0 Å². The van der Waals surface area contributed by atoms with Crippen molar-refractivity contribution in [2.24, 2.45) is 0 Å². The van der Waals surface area contributed by atoms with Gasteiger partial charge >= 0.3 is 0 Å². The maximum Gasteiger partial charge on any atom is 0.274 e. The molecule has 0 saturated carbocycles. The van der Waals surface area contributed by atoms with Crippen LogP contribution in [0.15, 0.2) is 22.8 Å². The van der Waals surface area contributed by atoms with Crippen LogP contribution in [0, 0.1) is 17.0 Å². The lowest BCUT2D eigenvalue weighted by molar-refractivity contribution is -0.385. The van der Waals surface area contributed by atoms with Gasteiger partial charge in [-0.15, -0.1) is 16.7 Å². The molecular weight excluding hydrogens is 336 g/mol. The van der Waals surface area contributed by atoms with E-state index in [-0.39, 0.29) is 11.1 Å². The number of rotatable bonds is 3. The molecule has 0 N–H and O–H groups in total. The fourth-order valence-corrected chi connectivity index (χ4v) is 2.34. The fraction of sp³-hybridized carbons (Fsp3) is 0.273. The molecule has 0 amide bonds. The van der Waals surface area contributed by atoms with Crippen molar-refractivity contribution in [3.63, 3.8) is 0 Å². The standard InChI is InChI=1S/C11H10BrClN4O2/c1-6-3-8(12)11(4-10(6)17(18)19)16-5-9(7(2)13)14-15-16/h3-5,7H,1-2H3. The molecule has 2 aromatic rings. The van der Waals surface area contributed by atoms with E-state index in [1.165, 1.54) is 10.7 Å². The largest absolute Gasteiger partial charge is 0.274 e. The summed E-state index contributed by atoms with van der Waals surface area (Å²) in [5.41, 5.74) is 1.77. The number of aromatic nitrogens is 3. The van der Waals surface area contributed by atoms with Gasteiger partial charge in [-0.3, -0.25) is 10.1 Å². The summed E-state index contributed by atoms with van der Waals surface area (Å²) in [5, 5.41) is 18.5. The number of benzene rings is 1. The Morgan fingerprint density at radius 3 is 2.74 bits per heavy atom. The summed E-state index contributed by atoms with van der Waals surface area (Å²) in [7, 11) is 0. The second-order valence-corrected chi connectivity index (χ2v) is 5.56. The van der Waals surface area contributed by atoms with Gasteiger partial charge in [-0.25, -0.2) is 4.68 Å². The number of nitro groups is 1. The smallest absolute Gasteiger partial charge is 0.258 e. The van der Waals surface area contributed by atoms with Gasteiger partial charge in [-0.1, -0.05) is 5.21 Å². The predicted octanol–water partition coefficient (Wildman–Crippen LogP) is 3.55. The van der Waals surface area contributed by atoms with Gasteiger partial charge in [0.05, 0.1) is 22.2 Å². The van der Waals surface area contributed by atoms with E-state index in [9.17, 15) is 10.1 Å². The van der Waals surface area contributed by atoms with Crippen LogP contribution in [0.25, 0.3) is 5.69 Å². The average molecular weight is 346 g/mol. The zero-order valence-corrected chi connectivity index (χ0v) is 12.5. The molecule has 0 aliphatic heterocycles. The monoisotopic (exact) mass is 344 g/mol. The van der Waals surface area contributed by atoms with E-state index in [1.807, 2.05) is 0 Å². The maximum atomic E-state index is 11.0. The third-order valence-corrected chi connectivity index (χ3v) is 3.49. The molecule has 1 atom stereocenters. The summed E-state index contributed by atoms with van der Waals surface area (Å²) in [5.74, 6) is 0. The average Bonchev–Trinajstić information content (AvgIpc) is 2.77. The van der Waals surface area contributed by atoms with Crippen LogP contribution in [-0.2, 0) is 0 Å². The summed E-state index contributed by atoms with van der Waals surface area (Å²) < 4.78 is 2.17. The Bertz CT molecular complexity index is 642. The minimum Gasteiger partial charge on any atom is -0.258 e. The summed E-state index contributed by atoms with van der Waals surface area (Å²) in [4.78, 5) is 10.5. The highest BCUT2D eigenvalue weighted by Gasteiger charge is 2.17. The minimum atomic E-state index is -0.423. The molecule has 2 rings (SSSR count). The quantitative estimate of drug-likeness (QED) is 0.484. The number of halogens is 2. The van der Waals surface area contributed by atoms with Gasteiger partial charge in [-0.2, -0.15) is 0 Å². The molecule has 1 unspecified atom stereocenters. The molecule has 1 heterocycles. The van der Waals surface area contributed by atoms with Crippen molar-refractivity contribution in [1.82, 2.24) is 15.0 Å². The highest BCUT2D eigenvalue weighted by Crippen LogP contribution is 2.29. The van der Waals surface area contributed by atoms with Crippen LogP contribution >= 0.6 is 27.5 Å². The fourth-order valence-electron chi connectivity index (χ4n) is 1.60. The lowest BCUT2D eigenvalue weighted by atomic mass is 10.2. The maximum absolute atomic E-state index is 11.0. The van der Waals surface area contributed by atoms with Gasteiger partial charge in [0.25, 0.3) is 5.69 Å². The van der Waals surface area contributed by atoms with E-state index in [0.717, 1.165) is 0 Å². The Balaban J connectivity index is 2.54. The molecule has 0 radical (unpaired) electrons. The first-order valence-electron chi connectivity index (χ1n) is 5.41. The molecule has 0 spiro atoms. The third kappa shape index (κ3) is 2.76. The Morgan fingerprint density at radius 1 is 1.53 bits per heavy atom. The molecule has 0 fully saturated rings. The molecular formula is C11H10BrClN4O2. The van der Waals surface area contributed by atoms with Crippen molar-refractivity contribution in [1.29, 1.82) is 0 Å². The highest BCUT2D eigenvalue weighted by atomic mass is 79.9. The van der Waals surface area contributed by atoms with E-state index < -0.39 is 4.92 Å². The van der Waals surface area contributed by atoms with Crippen molar-refractivity contribution < 1.29 is 4.92 Å². The van der Waals surface area contributed by atoms with E-state index in [0.29, 0.717) is 21.4 Å². The Morgan fingerprint density at radius 2 is 2.21 bits per heavy atom. The Hall–Kier alpha value is -1.47. The van der Waals surface area contributed by atoms with Gasteiger partial charge in [-0.05, 0) is 35.8 Å². The molecule has 0 aliphatic rings. The predicted molar refractivity (Wildman–Crippen MR) is 74.7 cm³/mol. The molecule has 0 saturated heterocycles. The molecule has 19 heavy (non-hydrogen) atoms. The van der Waals surface area contributed by atoms with E-state index in [1.54, 1.807) is 26.1 Å². The first-order valence-corrected chi connectivity index (χ1v) is 6.64. The summed E-state index contributed by atoms with van der Waals surface area (Å²) in [6, 6.07) is 3.13. The number of nitrogens with zero attached hydrogens (tertiary/aromatic N) is 4. The molecule has 100 valence electrons. The van der Waals surface area contributed by atoms with Crippen molar-refractivity contribution in [3.8, 4) is 5.69 Å². The SMILES string of the molecule is Cc1cc(Br)c(-n2cc(C(C)Cl)nn2)cc1[N+](=O)[O-]. The summed E-state index contributed by atoms with van der Waals surface area (Å²) in [6.07, 6.45) is 1.65. The van der Waals surface area contributed by atoms with E-state index in [2.05, 4.69) is 26.2 Å². The molecule has 6 nitrogen and oxygen atoms in total. The molecule has 0 aliphatic carbocycles. The van der Waals surface area contributed by atoms with Gasteiger partial charge in [0, 0.05) is 16.1 Å². The normalized spacial score (nSPS) is 12.4. The molecule has 1 aromatic heterocycles. The van der Waals surface area contributed by atoms with Crippen LogP contribution in [0.5, 0.6) is 0 Å². The van der Waals surface area contributed by atoms with Gasteiger partial charge in [0.15, 0.2) is 0 Å². The third-order valence-electron chi connectivity index (χ3n) is 2.63. The van der Waals surface area contributed by atoms with Crippen LogP contribution in [-0.4, -0.2) is 19.9 Å². The Labute approximate surface area is 122 Å². The van der Waals surface area contributed by atoms with Crippen molar-refractivity contribution >= 4 is 33.2 Å². The summed E-state index contributed by atoms with van der Waals surface area (Å²) in [6.45, 7) is 3.46. The second kappa shape index (κ2) is 5.26. The van der Waals surface area contributed by atoms with E-state index in [4.69, 9.17) is 11.6 Å². The minimum absolute atomic E-state index is 0.0363. The van der Waals surface area contributed by atoms with Crippen LogP contribution in [0.2, 0.25) is 0 Å². The number of aryl methyl sites for hydroxylation is 1. The van der Waals surface area contributed by atoms with Crippen molar-refractivity contribution in [3.05, 3.63) is 44.2 Å². The van der Waals surface area contributed by atoms with Crippen molar-refractivity contribution in [2.45, 2.75) is 19.2 Å². The van der Waals surface area contributed by atoms with Gasteiger partial charge in [0.2, 0.25) is 0 Å². The van der Waals surface area contributed by atoms with Crippen LogP contribution in [0.4, 0.5) is 5.69 Å². The summed E-state index contributed by atoms with van der Waals surface area (Å²) >= 11 is 9.28. The lowest BCUT2D eigenvalue weighted by Crippen LogP contribution is -2.00. The lowest BCUT2D eigenvalue weighted by Gasteiger charge is -2.05. The van der Waals surface area contributed by atoms with Crippen LogP contribution in [0.3, 0.4) is 0 Å². The topological polar surface area (TPSA) is 73.8 Å². The molecule has 0 bridgehead atoms.